The Labute approximate surface area is 809 Å². The lowest BCUT2D eigenvalue weighted by Crippen LogP contribution is -2.38. The van der Waals surface area contributed by atoms with Crippen LogP contribution in [0.5, 0.6) is 0 Å². The number of hydrogen-bond donors (Lipinski definition) is 2. The summed E-state index contributed by atoms with van der Waals surface area (Å²) in [5.74, 6) is 2.07. The summed E-state index contributed by atoms with van der Waals surface area (Å²) in [6, 6.07) is 37.6. The Kier molecular flexibility index (Phi) is 33.8. The minimum Gasteiger partial charge on any atom is -0.481 e. The number of halogens is 13. The number of ether oxygens (including phenoxy) is 6. The van der Waals surface area contributed by atoms with Gasteiger partial charge in [0.2, 0.25) is 0 Å². The van der Waals surface area contributed by atoms with E-state index in [-0.39, 0.29) is 116 Å². The van der Waals surface area contributed by atoms with Gasteiger partial charge in [0.05, 0.1) is 89.6 Å². The smallest absolute Gasteiger partial charge is 0.305 e. The number of esters is 3. The summed E-state index contributed by atoms with van der Waals surface area (Å²) in [6.45, 7) is 3.97. The van der Waals surface area contributed by atoms with Crippen LogP contribution in [-0.4, -0.2) is 122 Å². The molecule has 9 fully saturated rings. The number of carboxylic acids is 1. The van der Waals surface area contributed by atoms with Gasteiger partial charge in [-0.15, -0.1) is 24.0 Å². The van der Waals surface area contributed by atoms with Crippen molar-refractivity contribution in [1.29, 1.82) is 0 Å². The van der Waals surface area contributed by atoms with Gasteiger partial charge in [-0.25, -0.2) is 17.6 Å². The number of aromatic nitrogens is 3. The summed E-state index contributed by atoms with van der Waals surface area (Å²) in [5, 5.41) is 28.8. The molecule has 6 saturated carbocycles. The van der Waals surface area contributed by atoms with E-state index in [1.165, 1.54) is 45.9 Å². The number of benzene rings is 7. The van der Waals surface area contributed by atoms with Crippen LogP contribution in [-0.2, 0) is 93.1 Å². The molecule has 19 rings (SSSR count). The normalized spacial score (nSPS) is 20.7. The Morgan fingerprint density at radius 2 is 0.752 bits per heavy atom. The molecule has 3 aliphatic heterocycles. The van der Waals surface area contributed by atoms with Crippen LogP contribution in [0.15, 0.2) is 150 Å². The maximum absolute atomic E-state index is 14.8. The summed E-state index contributed by atoms with van der Waals surface area (Å²) in [7, 11) is 3.98. The highest BCUT2D eigenvalue weighted by atomic mass is 127. The van der Waals surface area contributed by atoms with E-state index in [0.717, 1.165) is 147 Å². The van der Waals surface area contributed by atoms with Crippen molar-refractivity contribution < 1.29 is 83.8 Å². The predicted octanol–water partition coefficient (Wildman–Crippen LogP) is 24.6. The van der Waals surface area contributed by atoms with E-state index in [9.17, 15) is 36.7 Å². The second-order valence-electron chi connectivity index (χ2n) is 33.8. The lowest BCUT2D eigenvalue weighted by Gasteiger charge is -2.33. The number of aryl methyl sites for hydroxylation is 4. The fraction of sp³-hybridized carbons (Fsp3) is 0.427. The van der Waals surface area contributed by atoms with Crippen LogP contribution in [0.4, 0.5) is 28.9 Å². The van der Waals surface area contributed by atoms with E-state index < -0.39 is 5.97 Å². The molecule has 9 atom stereocenters. The summed E-state index contributed by atoms with van der Waals surface area (Å²) in [4.78, 5) is 48.4. The average Bonchev–Trinajstić information content (AvgIpc) is 1.62. The van der Waals surface area contributed by atoms with E-state index >= 15 is 0 Å². The third-order valence-corrected chi connectivity index (χ3v) is 28.2. The van der Waals surface area contributed by atoms with Crippen molar-refractivity contribution in [3.8, 4) is 33.8 Å². The molecular formula is C96H97Br2Cl6F4IN6O14. The van der Waals surface area contributed by atoms with Crippen molar-refractivity contribution in [3.05, 3.63) is 246 Å². The fourth-order valence-corrected chi connectivity index (χ4v) is 20.5. The quantitative estimate of drug-likeness (QED) is 0.0192. The van der Waals surface area contributed by atoms with Crippen molar-refractivity contribution in [1.82, 2.24) is 20.8 Å². The van der Waals surface area contributed by atoms with Crippen LogP contribution in [0.2, 0.25) is 30.1 Å². The van der Waals surface area contributed by atoms with Crippen LogP contribution in [0.3, 0.4) is 0 Å². The third-order valence-electron chi connectivity index (χ3n) is 25.3. The molecule has 9 aliphatic rings. The van der Waals surface area contributed by atoms with Crippen LogP contribution in [0.1, 0.15) is 177 Å². The number of anilines is 2. The van der Waals surface area contributed by atoms with Gasteiger partial charge in [-0.05, 0) is 216 Å². The molecule has 6 aliphatic carbocycles. The number of nitrogens with zero attached hydrogens (tertiary/aromatic N) is 5. The van der Waals surface area contributed by atoms with Gasteiger partial charge < -0.3 is 62.2 Å². The van der Waals surface area contributed by atoms with Crippen LogP contribution < -0.4 is 15.1 Å². The second-order valence-corrected chi connectivity index (χ2v) is 38.1. The molecule has 129 heavy (non-hydrogen) atoms. The Hall–Kier alpha value is -7.36. The van der Waals surface area contributed by atoms with Gasteiger partial charge in [0, 0.05) is 147 Å². The zero-order valence-corrected chi connectivity index (χ0v) is 80.9. The molecule has 0 unspecified atom stereocenters. The number of methoxy groups -OCH3 is 3. The molecule has 3 saturated heterocycles. The average molecular weight is 2130 g/mol. The molecule has 0 amide bonds. The van der Waals surface area contributed by atoms with Crippen molar-refractivity contribution in [3.63, 3.8) is 0 Å². The summed E-state index contributed by atoms with van der Waals surface area (Å²) in [5.41, 5.74) is 10.8. The Bertz CT molecular complexity index is 5540. The first kappa shape index (κ1) is 97.7. The fourth-order valence-electron chi connectivity index (χ4n) is 18.1. The van der Waals surface area contributed by atoms with Gasteiger partial charge in [-0.3, -0.25) is 19.2 Å². The molecule has 0 spiro atoms. The SMILES string of the molecule is COC(=O)CCc1ccc(Br)cc1F.COC(=O)CCc1ccc(Br)cc1F.COC(=O)CCc1ccc(N2C[C@@H]3C[C@H]2C[C@H]3OCc2c(-c3c(Cl)cccc3Cl)noc2C2CC2)cc1F.Clc1cccc(Cl)c1-c1noc(C2CC2)c1CO[C@@H]1C[C@@H]2C[C@H]1CN2.I.O=C(O)CCc1ccc(N2C[C@@H]3C[C@H]2C[C@H]3OCc2c(-c3c(Cl)cccc3Cl)noc2C2CC2)cc1F. The highest BCUT2D eigenvalue weighted by Crippen LogP contribution is 2.52. The Morgan fingerprint density at radius 3 is 1.02 bits per heavy atom. The first-order valence-corrected chi connectivity index (χ1v) is 46.9. The summed E-state index contributed by atoms with van der Waals surface area (Å²) >= 11 is 45.1. The van der Waals surface area contributed by atoms with E-state index in [1.807, 2.05) is 42.5 Å². The molecule has 33 heteroatoms. The van der Waals surface area contributed by atoms with Gasteiger partial charge >= 0.3 is 23.9 Å². The molecule has 3 aromatic heterocycles. The molecule has 2 N–H and O–H groups in total. The number of carboxylic acid groups (broad SMARTS) is 1. The Morgan fingerprint density at radius 1 is 0.434 bits per heavy atom. The maximum Gasteiger partial charge on any atom is 0.305 e. The minimum absolute atomic E-state index is 0. The molecule has 6 bridgehead atoms. The van der Waals surface area contributed by atoms with E-state index in [1.54, 1.807) is 66.7 Å². The predicted molar refractivity (Wildman–Crippen MR) is 503 cm³/mol. The number of carbonyl (C=O) groups is 4. The van der Waals surface area contributed by atoms with Crippen LogP contribution in [0.25, 0.3) is 33.8 Å². The topological polar surface area (TPSA) is 240 Å². The number of nitrogens with one attached hydrogen (secondary N) is 1. The van der Waals surface area contributed by atoms with Gasteiger partial charge in [-0.1, -0.05) is 159 Å². The molecule has 7 aromatic carbocycles. The van der Waals surface area contributed by atoms with E-state index in [2.05, 4.69) is 76.7 Å². The molecule has 20 nitrogen and oxygen atoms in total. The number of aliphatic carboxylic acids is 1. The number of carbonyl (C=O) groups excluding carboxylic acids is 3. The maximum atomic E-state index is 14.8. The van der Waals surface area contributed by atoms with Gasteiger partial charge in [0.1, 0.15) is 57.6 Å². The number of fused-ring (bicyclic) bond motifs is 6. The zero-order valence-electron chi connectivity index (χ0n) is 70.9. The summed E-state index contributed by atoms with van der Waals surface area (Å²) < 4.78 is 107. The first-order chi connectivity index (χ1) is 61.8. The van der Waals surface area contributed by atoms with Crippen molar-refractivity contribution in [2.75, 3.05) is 50.8 Å². The molecule has 686 valence electrons. The largest absolute Gasteiger partial charge is 0.481 e. The standard InChI is InChI=1S/C29H29Cl2FN2O4.C28H27Cl2FN2O4.C19H20Cl2N2O2.2C10H10BrFO2.HI/c1-36-26(35)10-8-16-7-9-19(12-24(16)32)34-14-18-11-20(34)13-25(18)37-15-21-28(33-38-29(21)17-5-6-17)27-22(30)3-2-4-23(27)31;29-21-2-1-3-22(30)26(21)27-20(28(37-32-27)16-4-5-16)14-36-24-12-19-10-17(24)13-33(19)18-8-6-15(23(31)11-18)7-9-25(34)35;20-14-2-1-3-15(21)17(14)18-13(19(25-23-18)10-4-5-10)9-24-16-7-12-6-11(16)8-22-12;2*1-14-10(13)5-3-7-2-4-8(11)6-9(7)12;/h2-4,7,9,12,17-18,20,25H,5-6,8,10-11,13-15H2,1H3;1-3,6,8,11,16-17,19,24H,4-5,7,9-10,12-14H2,(H,34,35);1-3,10-12,16,22H,4-9H2;2*2,4,6H,3,5H2,1H3;1H/t18-,20-,25+;17-,19-,24+;11-,12-,16+;;;/m000.../s1. The van der Waals surface area contributed by atoms with Gasteiger partial charge in [0.25, 0.3) is 0 Å². The second kappa shape index (κ2) is 44.7. The van der Waals surface area contributed by atoms with Crippen molar-refractivity contribution in [2.24, 2.45) is 17.8 Å². The molecule has 6 heterocycles. The zero-order chi connectivity index (χ0) is 90.1. The molecule has 0 radical (unpaired) electrons. The van der Waals surface area contributed by atoms with E-state index in [0.29, 0.717) is 177 Å². The van der Waals surface area contributed by atoms with Crippen molar-refractivity contribution >= 4 is 161 Å². The first-order valence-electron chi connectivity index (χ1n) is 43.0. The third kappa shape index (κ3) is 24.2. The molecule has 10 aromatic rings. The van der Waals surface area contributed by atoms with Crippen molar-refractivity contribution in [2.45, 2.75) is 202 Å². The number of rotatable bonds is 29. The van der Waals surface area contributed by atoms with Crippen LogP contribution >= 0.6 is 125 Å². The number of piperidine rings is 3. The lowest BCUT2D eigenvalue weighted by molar-refractivity contribution is -0.141. The highest BCUT2D eigenvalue weighted by Gasteiger charge is 2.49. The Balaban J connectivity index is 0.000000137. The minimum atomic E-state index is -0.927. The monoisotopic (exact) mass is 2130 g/mol. The van der Waals surface area contributed by atoms with E-state index in [4.69, 9.17) is 102 Å². The summed E-state index contributed by atoms with van der Waals surface area (Å²) in [6.07, 6.45) is 15.0. The van der Waals surface area contributed by atoms with Gasteiger partial charge in [0.15, 0.2) is 0 Å². The lowest BCUT2D eigenvalue weighted by atomic mass is 10.0. The number of hydrogen-bond acceptors (Lipinski definition) is 19. The molecular weight excluding hydrogens is 2040 g/mol. The van der Waals surface area contributed by atoms with Crippen LogP contribution in [0, 0.1) is 41.0 Å². The van der Waals surface area contributed by atoms with Gasteiger partial charge in [-0.2, -0.15) is 0 Å². The highest BCUT2D eigenvalue weighted by molar-refractivity contribution is 14.0.